The molecule has 40 heavy (non-hydrogen) atoms. The predicted molar refractivity (Wildman–Crippen MR) is 132 cm³/mol. The summed E-state index contributed by atoms with van der Waals surface area (Å²) in [6.07, 6.45) is -5.79. The molecule has 14 nitrogen and oxygen atoms in total. The third kappa shape index (κ3) is 5.56. The first-order chi connectivity index (χ1) is 18.9. The van der Waals surface area contributed by atoms with Crippen molar-refractivity contribution in [3.63, 3.8) is 0 Å². The molecule has 4 atom stereocenters. The van der Waals surface area contributed by atoms with Gasteiger partial charge in [-0.15, -0.1) is 0 Å². The van der Waals surface area contributed by atoms with E-state index in [1.807, 2.05) is 0 Å². The second-order valence-electron chi connectivity index (χ2n) is 8.72. The highest BCUT2D eigenvalue weighted by Crippen LogP contribution is 2.44. The van der Waals surface area contributed by atoms with Gasteiger partial charge in [0.05, 0.1) is 6.61 Å². The first-order valence-corrected chi connectivity index (χ1v) is 11.7. The lowest BCUT2D eigenvalue weighted by molar-refractivity contribution is -0.259. The quantitative estimate of drug-likeness (QED) is 0.250. The summed E-state index contributed by atoms with van der Waals surface area (Å²) in [5.74, 6) is -5.84. The zero-order chi connectivity index (χ0) is 29.3. The topological polar surface area (TPSA) is 208 Å². The maximum absolute atomic E-state index is 13.0. The highest BCUT2D eigenvalue weighted by molar-refractivity contribution is 5.93. The van der Waals surface area contributed by atoms with Crippen molar-refractivity contribution in [1.29, 1.82) is 0 Å². The van der Waals surface area contributed by atoms with Crippen molar-refractivity contribution in [1.82, 2.24) is 0 Å². The van der Waals surface area contributed by atoms with E-state index < -0.39 is 88.5 Å². The van der Waals surface area contributed by atoms with E-state index in [1.165, 1.54) is 24.3 Å². The molecule has 0 unspecified atom stereocenters. The van der Waals surface area contributed by atoms with Crippen LogP contribution in [0, 0.1) is 0 Å². The van der Waals surface area contributed by atoms with Gasteiger partial charge in [-0.05, 0) is 24.3 Å². The first kappa shape index (κ1) is 28.0. The molecule has 0 amide bonds. The number of carbonyl (C=O) groups is 3. The molecule has 1 aromatic heterocycles. The Kier molecular flexibility index (Phi) is 7.72. The number of benzene rings is 2. The van der Waals surface area contributed by atoms with Crippen LogP contribution in [0.15, 0.2) is 39.5 Å². The van der Waals surface area contributed by atoms with E-state index in [0.717, 1.165) is 26.8 Å². The number of esters is 3. The maximum Gasteiger partial charge on any atom is 0.303 e. The average Bonchev–Trinajstić information content (AvgIpc) is 2.86. The first-order valence-electron chi connectivity index (χ1n) is 11.7. The van der Waals surface area contributed by atoms with Gasteiger partial charge in [0.15, 0.2) is 29.3 Å². The van der Waals surface area contributed by atoms with Crippen molar-refractivity contribution >= 4 is 28.9 Å². The molecular formula is C26H24O14. The zero-order valence-corrected chi connectivity index (χ0v) is 21.3. The van der Waals surface area contributed by atoms with Gasteiger partial charge in [-0.3, -0.25) is 19.2 Å². The number of hydrogen-bond acceptors (Lipinski definition) is 14. The molecule has 14 heteroatoms. The van der Waals surface area contributed by atoms with E-state index in [1.54, 1.807) is 0 Å². The van der Waals surface area contributed by atoms with Crippen molar-refractivity contribution in [2.75, 3.05) is 6.61 Å². The smallest absolute Gasteiger partial charge is 0.303 e. The molecule has 0 spiro atoms. The fourth-order valence-electron chi connectivity index (χ4n) is 4.15. The van der Waals surface area contributed by atoms with Gasteiger partial charge in [0.2, 0.25) is 29.3 Å². The third-order valence-corrected chi connectivity index (χ3v) is 5.73. The van der Waals surface area contributed by atoms with Crippen molar-refractivity contribution in [2.45, 2.75) is 45.4 Å². The van der Waals surface area contributed by atoms with Crippen LogP contribution in [-0.2, 0) is 33.3 Å². The van der Waals surface area contributed by atoms with E-state index in [-0.39, 0.29) is 17.1 Å². The summed E-state index contributed by atoms with van der Waals surface area (Å²) >= 11 is 0. The molecule has 1 aliphatic rings. The van der Waals surface area contributed by atoms with Crippen molar-refractivity contribution in [2.24, 2.45) is 0 Å². The molecule has 1 aliphatic heterocycles. The maximum atomic E-state index is 13.0. The minimum absolute atomic E-state index is 0.106. The van der Waals surface area contributed by atoms with E-state index in [9.17, 15) is 39.6 Å². The number of aromatic hydroxyl groups is 4. The largest absolute Gasteiger partial charge is 0.508 e. The second kappa shape index (κ2) is 11.0. The van der Waals surface area contributed by atoms with Gasteiger partial charge in [0, 0.05) is 32.4 Å². The standard InChI is InChI=1S/C26H24O14/c1-10(27)36-17-9-35-26(25(38-12(3)29)23(17)37-11(2)28)40-22-16(32)8-15(31)18-19(33)20(34)21(39-24(18)22)13-4-6-14(30)7-5-13/h4-8,17,23,25-26,30-32,34H,9H2,1-3H3/t17-,23+,25-,26-/m1/s1. The van der Waals surface area contributed by atoms with Crippen LogP contribution in [0.5, 0.6) is 28.7 Å². The van der Waals surface area contributed by atoms with Crippen LogP contribution in [0.3, 0.4) is 0 Å². The number of phenols is 3. The van der Waals surface area contributed by atoms with E-state index in [0.29, 0.717) is 0 Å². The number of hydrogen-bond donors (Lipinski definition) is 4. The average molecular weight is 560 g/mol. The van der Waals surface area contributed by atoms with Crippen LogP contribution in [-0.4, -0.2) is 69.5 Å². The van der Waals surface area contributed by atoms with E-state index >= 15 is 0 Å². The Labute approximate surface area is 224 Å². The summed E-state index contributed by atoms with van der Waals surface area (Å²) in [5.41, 5.74) is -1.46. The fourth-order valence-corrected chi connectivity index (χ4v) is 4.15. The van der Waals surface area contributed by atoms with Gasteiger partial charge in [-0.25, -0.2) is 0 Å². The summed E-state index contributed by atoms with van der Waals surface area (Å²) < 4.78 is 32.8. The molecule has 0 aliphatic carbocycles. The molecule has 0 radical (unpaired) electrons. The lowest BCUT2D eigenvalue weighted by atomic mass is 10.0. The van der Waals surface area contributed by atoms with Crippen LogP contribution < -0.4 is 10.2 Å². The molecule has 1 fully saturated rings. The van der Waals surface area contributed by atoms with Gasteiger partial charge in [-0.1, -0.05) is 0 Å². The normalized spacial score (nSPS) is 20.5. The van der Waals surface area contributed by atoms with Crippen molar-refractivity contribution in [3.05, 3.63) is 40.6 Å². The highest BCUT2D eigenvalue weighted by Gasteiger charge is 2.48. The van der Waals surface area contributed by atoms with Gasteiger partial charge in [0.25, 0.3) is 0 Å². The van der Waals surface area contributed by atoms with Gasteiger partial charge < -0.3 is 48.5 Å². The zero-order valence-electron chi connectivity index (χ0n) is 21.3. The summed E-state index contributed by atoms with van der Waals surface area (Å²) in [4.78, 5) is 48.4. The Morgan fingerprint density at radius 2 is 1.45 bits per heavy atom. The minimum Gasteiger partial charge on any atom is -0.508 e. The van der Waals surface area contributed by atoms with Gasteiger partial charge in [0.1, 0.15) is 16.9 Å². The molecule has 0 bridgehead atoms. The summed E-state index contributed by atoms with van der Waals surface area (Å²) in [6.45, 7) is 2.83. The summed E-state index contributed by atoms with van der Waals surface area (Å²) in [5, 5.41) is 40.6. The summed E-state index contributed by atoms with van der Waals surface area (Å²) in [6, 6.07) is 5.96. The minimum atomic E-state index is -1.63. The Morgan fingerprint density at radius 3 is 2.05 bits per heavy atom. The van der Waals surface area contributed by atoms with Crippen LogP contribution in [0.2, 0.25) is 0 Å². The third-order valence-electron chi connectivity index (χ3n) is 5.73. The fraction of sp³-hybridized carbons (Fsp3) is 0.308. The SMILES string of the molecule is CC(=O)O[C@@H]1[C@@H](OC(C)=O)[C@@H](Oc2c(O)cc(O)c3c(=O)c(O)c(-c4ccc(O)cc4)oc23)OC[C@H]1OC(C)=O. The Bertz CT molecular complexity index is 1520. The number of ether oxygens (including phenoxy) is 5. The predicted octanol–water partition coefficient (Wildman–Crippen LogP) is 1.81. The second-order valence-corrected chi connectivity index (χ2v) is 8.72. The molecule has 4 rings (SSSR count). The van der Waals surface area contributed by atoms with E-state index in [2.05, 4.69) is 0 Å². The number of phenolic OH excluding ortho intramolecular Hbond substituents is 3. The van der Waals surface area contributed by atoms with Crippen LogP contribution in [0.25, 0.3) is 22.3 Å². The number of rotatable bonds is 6. The molecule has 4 N–H and O–H groups in total. The molecule has 212 valence electrons. The number of carbonyl (C=O) groups excluding carboxylic acids is 3. The van der Waals surface area contributed by atoms with Crippen LogP contribution in [0.4, 0.5) is 0 Å². The lowest BCUT2D eigenvalue weighted by Gasteiger charge is -2.40. The molecule has 3 aromatic rings. The van der Waals surface area contributed by atoms with Gasteiger partial charge in [-0.2, -0.15) is 0 Å². The molecule has 1 saturated heterocycles. The van der Waals surface area contributed by atoms with Crippen LogP contribution in [0.1, 0.15) is 20.8 Å². The molecule has 2 aromatic carbocycles. The van der Waals surface area contributed by atoms with Crippen LogP contribution >= 0.6 is 0 Å². The molecule has 0 saturated carbocycles. The van der Waals surface area contributed by atoms with E-state index in [4.69, 9.17) is 28.1 Å². The Balaban J connectivity index is 1.85. The number of fused-ring (bicyclic) bond motifs is 1. The van der Waals surface area contributed by atoms with Crippen molar-refractivity contribution < 1.29 is 62.9 Å². The summed E-state index contributed by atoms with van der Waals surface area (Å²) in [7, 11) is 0. The highest BCUT2D eigenvalue weighted by atomic mass is 16.7. The monoisotopic (exact) mass is 560 g/mol. The molecule has 2 heterocycles. The molecular weight excluding hydrogens is 536 g/mol. The van der Waals surface area contributed by atoms with Gasteiger partial charge >= 0.3 is 17.9 Å². The Hall–Kier alpha value is -4.98. The van der Waals surface area contributed by atoms with Crippen molar-refractivity contribution in [3.8, 4) is 40.1 Å². The lowest BCUT2D eigenvalue weighted by Crippen LogP contribution is -2.59. The Morgan fingerprint density at radius 1 is 0.850 bits per heavy atom.